The van der Waals surface area contributed by atoms with Gasteiger partial charge in [0.25, 0.3) is 0 Å². The molecule has 2 aliphatic rings. The highest BCUT2D eigenvalue weighted by Gasteiger charge is 2.41. The maximum atomic E-state index is 12.4. The largest absolute Gasteiger partial charge is 0.346 e. The van der Waals surface area contributed by atoms with Crippen molar-refractivity contribution < 1.29 is 4.79 Å². The first-order chi connectivity index (χ1) is 12.2. The van der Waals surface area contributed by atoms with Gasteiger partial charge in [0.05, 0.1) is 18.0 Å². The molecule has 0 aromatic heterocycles. The molecule has 2 aromatic carbocycles. The maximum absolute atomic E-state index is 12.4. The topological polar surface area (TPSA) is 56.1 Å². The van der Waals surface area contributed by atoms with Gasteiger partial charge in [-0.05, 0) is 53.8 Å². The molecule has 2 aromatic rings. The van der Waals surface area contributed by atoms with E-state index in [1.54, 1.807) is 0 Å². The number of likely N-dealkylation sites (tertiary alicyclic amines) is 1. The van der Waals surface area contributed by atoms with Crippen molar-refractivity contribution in [1.82, 2.24) is 10.2 Å². The van der Waals surface area contributed by atoms with Crippen LogP contribution in [0.15, 0.2) is 36.4 Å². The molecule has 1 N–H and O–H groups in total. The van der Waals surface area contributed by atoms with E-state index in [4.69, 9.17) is 5.26 Å². The fourth-order valence-electron chi connectivity index (χ4n) is 4.36. The van der Waals surface area contributed by atoms with Gasteiger partial charge < -0.3 is 10.2 Å². The predicted molar refractivity (Wildman–Crippen MR) is 98.0 cm³/mol. The molecule has 1 fully saturated rings. The SMILES string of the molecule is N#CCCCN1CCC2(CC1)NC(=O)Cc1cc3ccccc3cc12. The van der Waals surface area contributed by atoms with E-state index in [0.29, 0.717) is 12.8 Å². The molecule has 0 aliphatic carbocycles. The van der Waals surface area contributed by atoms with E-state index in [1.807, 2.05) is 6.07 Å². The highest BCUT2D eigenvalue weighted by Crippen LogP contribution is 2.39. The summed E-state index contributed by atoms with van der Waals surface area (Å²) < 4.78 is 0. The first-order valence-electron chi connectivity index (χ1n) is 9.13. The van der Waals surface area contributed by atoms with Crippen LogP contribution in [-0.4, -0.2) is 30.4 Å². The van der Waals surface area contributed by atoms with Gasteiger partial charge in [0.15, 0.2) is 0 Å². The summed E-state index contributed by atoms with van der Waals surface area (Å²) in [5, 5.41) is 14.5. The number of amides is 1. The summed E-state index contributed by atoms with van der Waals surface area (Å²) in [7, 11) is 0. The first-order valence-corrected chi connectivity index (χ1v) is 9.13. The van der Waals surface area contributed by atoms with E-state index >= 15 is 0 Å². The lowest BCUT2D eigenvalue weighted by Crippen LogP contribution is -2.56. The van der Waals surface area contributed by atoms with Gasteiger partial charge >= 0.3 is 0 Å². The molecule has 0 bridgehead atoms. The summed E-state index contributed by atoms with van der Waals surface area (Å²) in [4.78, 5) is 14.8. The van der Waals surface area contributed by atoms with E-state index in [2.05, 4.69) is 46.6 Å². The molecule has 1 saturated heterocycles. The lowest BCUT2D eigenvalue weighted by atomic mass is 9.75. The van der Waals surface area contributed by atoms with E-state index in [1.165, 1.54) is 21.9 Å². The number of fused-ring (bicyclic) bond motifs is 3. The number of carbonyl (C=O) groups excluding carboxylic acids is 1. The van der Waals surface area contributed by atoms with Gasteiger partial charge in [0.1, 0.15) is 0 Å². The van der Waals surface area contributed by atoms with Crippen LogP contribution >= 0.6 is 0 Å². The number of hydrogen-bond acceptors (Lipinski definition) is 3. The third-order valence-electron chi connectivity index (χ3n) is 5.69. The second-order valence-electron chi connectivity index (χ2n) is 7.27. The minimum absolute atomic E-state index is 0.140. The van der Waals surface area contributed by atoms with E-state index < -0.39 is 0 Å². The number of rotatable bonds is 3. The molecule has 1 amide bonds. The summed E-state index contributed by atoms with van der Waals surface area (Å²) in [6.07, 6.45) is 3.91. The Balaban J connectivity index is 1.62. The molecule has 25 heavy (non-hydrogen) atoms. The Labute approximate surface area is 148 Å². The molecule has 0 saturated carbocycles. The first kappa shape index (κ1) is 16.1. The molecule has 1 spiro atoms. The minimum Gasteiger partial charge on any atom is -0.346 e. The Morgan fingerprint density at radius 3 is 2.60 bits per heavy atom. The normalized spacial score (nSPS) is 19.4. The maximum Gasteiger partial charge on any atom is 0.225 e. The Morgan fingerprint density at radius 1 is 1.16 bits per heavy atom. The zero-order chi connectivity index (χ0) is 17.3. The number of hydrogen-bond donors (Lipinski definition) is 1. The van der Waals surface area contributed by atoms with Crippen LogP contribution in [0, 0.1) is 11.3 Å². The van der Waals surface area contributed by atoms with Crippen LogP contribution in [0.25, 0.3) is 10.8 Å². The average Bonchev–Trinajstić information content (AvgIpc) is 2.62. The van der Waals surface area contributed by atoms with E-state index in [-0.39, 0.29) is 11.4 Å². The van der Waals surface area contributed by atoms with Crippen LogP contribution < -0.4 is 5.32 Å². The van der Waals surface area contributed by atoms with Crippen molar-refractivity contribution in [3.8, 4) is 6.07 Å². The number of nitriles is 1. The molecule has 4 heteroatoms. The van der Waals surface area contributed by atoms with Crippen molar-refractivity contribution >= 4 is 16.7 Å². The smallest absolute Gasteiger partial charge is 0.225 e. The van der Waals surface area contributed by atoms with Gasteiger partial charge in [-0.2, -0.15) is 5.26 Å². The number of nitrogens with zero attached hydrogens (tertiary/aromatic N) is 2. The minimum atomic E-state index is -0.222. The molecular weight excluding hydrogens is 310 g/mol. The van der Waals surface area contributed by atoms with Crippen LogP contribution in [0.2, 0.25) is 0 Å². The third-order valence-corrected chi connectivity index (χ3v) is 5.69. The van der Waals surface area contributed by atoms with Crippen molar-refractivity contribution in [2.24, 2.45) is 0 Å². The van der Waals surface area contributed by atoms with Crippen molar-refractivity contribution in [2.45, 2.75) is 37.6 Å². The van der Waals surface area contributed by atoms with Crippen LogP contribution in [0.1, 0.15) is 36.8 Å². The Morgan fingerprint density at radius 2 is 1.88 bits per heavy atom. The average molecular weight is 333 g/mol. The summed E-state index contributed by atoms with van der Waals surface area (Å²) >= 11 is 0. The summed E-state index contributed by atoms with van der Waals surface area (Å²) in [5.41, 5.74) is 2.27. The van der Waals surface area contributed by atoms with Crippen molar-refractivity contribution in [3.63, 3.8) is 0 Å². The van der Waals surface area contributed by atoms with Gasteiger partial charge in [-0.1, -0.05) is 30.3 Å². The van der Waals surface area contributed by atoms with Gasteiger partial charge in [-0.3, -0.25) is 4.79 Å². The molecule has 0 unspecified atom stereocenters. The lowest BCUT2D eigenvalue weighted by Gasteiger charge is -2.46. The van der Waals surface area contributed by atoms with E-state index in [0.717, 1.165) is 38.9 Å². The second kappa shape index (κ2) is 6.50. The number of benzene rings is 2. The standard InChI is InChI=1S/C21H23N3O/c22-9-3-4-10-24-11-7-21(8-12-24)19-14-17-6-2-1-5-16(17)13-18(19)15-20(25)23-21/h1-2,5-6,13-14H,3-4,7-8,10-12,15H2,(H,23,25). The summed E-state index contributed by atoms with van der Waals surface area (Å²) in [6.45, 7) is 2.91. The molecule has 128 valence electrons. The van der Waals surface area contributed by atoms with Crippen LogP contribution in [0.4, 0.5) is 0 Å². The zero-order valence-electron chi connectivity index (χ0n) is 14.4. The number of carbonyl (C=O) groups is 1. The molecule has 2 aliphatic heterocycles. The highest BCUT2D eigenvalue weighted by atomic mass is 16.1. The van der Waals surface area contributed by atoms with Crippen molar-refractivity contribution in [2.75, 3.05) is 19.6 Å². The fourth-order valence-corrected chi connectivity index (χ4v) is 4.36. The van der Waals surface area contributed by atoms with Crippen molar-refractivity contribution in [1.29, 1.82) is 5.26 Å². The highest BCUT2D eigenvalue weighted by molar-refractivity contribution is 5.89. The monoisotopic (exact) mass is 333 g/mol. The van der Waals surface area contributed by atoms with Gasteiger partial charge in [-0.25, -0.2) is 0 Å². The molecular formula is C21H23N3O. The zero-order valence-corrected chi connectivity index (χ0v) is 14.4. The lowest BCUT2D eigenvalue weighted by molar-refractivity contribution is -0.124. The Hall–Kier alpha value is -2.38. The molecule has 2 heterocycles. The number of piperidine rings is 1. The quantitative estimate of drug-likeness (QED) is 0.878. The summed E-state index contributed by atoms with van der Waals surface area (Å²) in [6, 6.07) is 15.1. The fraction of sp³-hybridized carbons (Fsp3) is 0.429. The molecule has 0 radical (unpaired) electrons. The van der Waals surface area contributed by atoms with Crippen LogP contribution in [-0.2, 0) is 16.8 Å². The molecule has 0 atom stereocenters. The third kappa shape index (κ3) is 3.01. The molecule has 4 nitrogen and oxygen atoms in total. The Bertz CT molecular complexity index is 844. The van der Waals surface area contributed by atoms with Gasteiger partial charge in [-0.15, -0.1) is 0 Å². The number of unbranched alkanes of at least 4 members (excludes halogenated alkanes) is 1. The van der Waals surface area contributed by atoms with Crippen LogP contribution in [0.5, 0.6) is 0 Å². The van der Waals surface area contributed by atoms with Crippen LogP contribution in [0.3, 0.4) is 0 Å². The number of nitrogens with one attached hydrogen (secondary N) is 1. The van der Waals surface area contributed by atoms with Crippen molar-refractivity contribution in [3.05, 3.63) is 47.5 Å². The molecule has 4 rings (SSSR count). The van der Waals surface area contributed by atoms with Gasteiger partial charge in [0.2, 0.25) is 5.91 Å². The van der Waals surface area contributed by atoms with Gasteiger partial charge in [0, 0.05) is 19.5 Å². The Kier molecular flexibility index (Phi) is 4.19. The summed E-state index contributed by atoms with van der Waals surface area (Å²) in [5.74, 6) is 0.140. The van der Waals surface area contributed by atoms with E-state index in [9.17, 15) is 4.79 Å². The second-order valence-corrected chi connectivity index (χ2v) is 7.27. The predicted octanol–water partition coefficient (Wildman–Crippen LogP) is 3.11.